The molecule has 0 aliphatic carbocycles. The highest BCUT2D eigenvalue weighted by Crippen LogP contribution is 2.11. The Balaban J connectivity index is 1.85. The second kappa shape index (κ2) is 7.48. The number of rotatable bonds is 5. The van der Waals surface area contributed by atoms with Crippen LogP contribution in [-0.4, -0.2) is 48.8 Å². The molecule has 0 aromatic carbocycles. The van der Waals surface area contributed by atoms with E-state index in [0.29, 0.717) is 24.8 Å². The van der Waals surface area contributed by atoms with E-state index in [0.717, 1.165) is 0 Å². The Morgan fingerprint density at radius 1 is 1.62 bits per heavy atom. The lowest BCUT2D eigenvalue weighted by Gasteiger charge is -2.29. The number of nitrogens with one attached hydrogen (secondary N) is 2. The summed E-state index contributed by atoms with van der Waals surface area (Å²) in [5, 5.41) is 8.21. The highest BCUT2D eigenvalue weighted by molar-refractivity contribution is 7.09. The van der Waals surface area contributed by atoms with Gasteiger partial charge in [0, 0.05) is 11.9 Å². The second-order valence-electron chi connectivity index (χ2n) is 4.57. The Bertz CT molecular complexity index is 505. The summed E-state index contributed by atoms with van der Waals surface area (Å²) in [7, 11) is 0. The fourth-order valence-electron chi connectivity index (χ4n) is 1.99. The Morgan fingerprint density at radius 2 is 2.43 bits per heavy atom. The average Bonchev–Trinajstić information content (AvgIpc) is 2.94. The largest absolute Gasteiger partial charge is 0.461 e. The van der Waals surface area contributed by atoms with Crippen LogP contribution < -0.4 is 10.6 Å². The maximum atomic E-state index is 12.1. The van der Waals surface area contributed by atoms with Crippen molar-refractivity contribution in [2.75, 3.05) is 19.8 Å². The summed E-state index contributed by atoms with van der Waals surface area (Å²) in [6.45, 7) is 5.47. The van der Waals surface area contributed by atoms with Gasteiger partial charge >= 0.3 is 5.97 Å². The van der Waals surface area contributed by atoms with Crippen LogP contribution in [0.2, 0.25) is 0 Å². The Kier molecular flexibility index (Phi) is 5.66. The van der Waals surface area contributed by atoms with Crippen LogP contribution in [0.3, 0.4) is 0 Å². The molecule has 2 rings (SSSR count). The van der Waals surface area contributed by atoms with Crippen molar-refractivity contribution in [3.05, 3.63) is 16.1 Å². The molecule has 2 N–H and O–H groups in total. The summed E-state index contributed by atoms with van der Waals surface area (Å²) in [6.07, 6.45) is -0.162. The standard InChI is InChI=1S/C13H19N3O4S/c1-3-19-13(18)9-7-21-10(16-9)6-15-12(17)11-8(2)20-5-4-14-11/h7-8,11,14H,3-6H2,1-2H3,(H,15,17)/t8-,11+/m1/s1. The lowest BCUT2D eigenvalue weighted by Crippen LogP contribution is -2.55. The highest BCUT2D eigenvalue weighted by atomic mass is 32.1. The molecule has 0 radical (unpaired) electrons. The molecule has 7 nitrogen and oxygen atoms in total. The van der Waals surface area contributed by atoms with Crippen molar-refractivity contribution in [2.45, 2.75) is 32.5 Å². The SMILES string of the molecule is CCOC(=O)c1csc(CNC(=O)[C@H]2NCCO[C@@H]2C)n1. The van der Waals surface area contributed by atoms with E-state index < -0.39 is 5.97 Å². The molecule has 116 valence electrons. The molecular weight excluding hydrogens is 294 g/mol. The number of aromatic nitrogens is 1. The fourth-order valence-corrected chi connectivity index (χ4v) is 2.69. The zero-order chi connectivity index (χ0) is 15.2. The van der Waals surface area contributed by atoms with E-state index in [1.807, 2.05) is 6.92 Å². The van der Waals surface area contributed by atoms with E-state index >= 15 is 0 Å². The number of esters is 1. The number of amides is 1. The molecule has 1 fully saturated rings. The molecule has 2 heterocycles. The van der Waals surface area contributed by atoms with Gasteiger partial charge < -0.3 is 20.1 Å². The molecule has 1 aromatic rings. The molecule has 0 bridgehead atoms. The van der Waals surface area contributed by atoms with Crippen LogP contribution in [0.4, 0.5) is 0 Å². The minimum Gasteiger partial charge on any atom is -0.461 e. The Labute approximate surface area is 127 Å². The molecule has 1 aliphatic rings. The number of hydrogen-bond donors (Lipinski definition) is 2. The van der Waals surface area contributed by atoms with Crippen LogP contribution in [0.15, 0.2) is 5.38 Å². The first-order valence-corrected chi connectivity index (χ1v) is 7.74. The van der Waals surface area contributed by atoms with Crippen molar-refractivity contribution in [1.29, 1.82) is 0 Å². The van der Waals surface area contributed by atoms with Crippen molar-refractivity contribution in [3.8, 4) is 0 Å². The van der Waals surface area contributed by atoms with Crippen molar-refractivity contribution in [3.63, 3.8) is 0 Å². The van der Waals surface area contributed by atoms with E-state index in [9.17, 15) is 9.59 Å². The van der Waals surface area contributed by atoms with Crippen LogP contribution in [-0.2, 0) is 20.8 Å². The van der Waals surface area contributed by atoms with Crippen molar-refractivity contribution in [2.24, 2.45) is 0 Å². The van der Waals surface area contributed by atoms with Gasteiger partial charge in [-0.05, 0) is 13.8 Å². The Morgan fingerprint density at radius 3 is 3.14 bits per heavy atom. The number of thiazole rings is 1. The quantitative estimate of drug-likeness (QED) is 0.761. The topological polar surface area (TPSA) is 89.5 Å². The molecule has 1 aromatic heterocycles. The molecule has 21 heavy (non-hydrogen) atoms. The summed E-state index contributed by atoms with van der Waals surface area (Å²) in [4.78, 5) is 27.7. The normalized spacial score (nSPS) is 21.8. The maximum Gasteiger partial charge on any atom is 0.357 e. The highest BCUT2D eigenvalue weighted by Gasteiger charge is 2.28. The monoisotopic (exact) mass is 313 g/mol. The lowest BCUT2D eigenvalue weighted by molar-refractivity contribution is -0.129. The summed E-state index contributed by atoms with van der Waals surface area (Å²) in [5.41, 5.74) is 0.276. The molecule has 8 heteroatoms. The smallest absolute Gasteiger partial charge is 0.357 e. The number of nitrogens with zero attached hydrogens (tertiary/aromatic N) is 1. The van der Waals surface area contributed by atoms with Gasteiger partial charge in [-0.25, -0.2) is 9.78 Å². The van der Waals surface area contributed by atoms with Crippen LogP contribution >= 0.6 is 11.3 Å². The third-order valence-electron chi connectivity index (χ3n) is 3.05. The van der Waals surface area contributed by atoms with E-state index in [-0.39, 0.29) is 30.3 Å². The summed E-state index contributed by atoms with van der Waals surface area (Å²) in [5.74, 6) is -0.572. The summed E-state index contributed by atoms with van der Waals surface area (Å²) in [6, 6.07) is -0.358. The molecule has 0 unspecified atom stereocenters. The third kappa shape index (κ3) is 4.23. The first kappa shape index (κ1) is 15.9. The van der Waals surface area contributed by atoms with Gasteiger partial charge in [-0.3, -0.25) is 4.79 Å². The minimum absolute atomic E-state index is 0.130. The Hall–Kier alpha value is -1.51. The zero-order valence-corrected chi connectivity index (χ0v) is 12.9. The van der Waals surface area contributed by atoms with Crippen molar-refractivity contribution >= 4 is 23.2 Å². The van der Waals surface area contributed by atoms with Gasteiger partial charge in [0.15, 0.2) is 5.69 Å². The van der Waals surface area contributed by atoms with Gasteiger partial charge in [-0.15, -0.1) is 11.3 Å². The van der Waals surface area contributed by atoms with Gasteiger partial charge in [-0.1, -0.05) is 0 Å². The predicted molar refractivity (Wildman–Crippen MR) is 77.1 cm³/mol. The van der Waals surface area contributed by atoms with Gasteiger partial charge in [0.05, 0.1) is 25.9 Å². The van der Waals surface area contributed by atoms with Crippen LogP contribution in [0, 0.1) is 0 Å². The van der Waals surface area contributed by atoms with Gasteiger partial charge in [0.25, 0.3) is 0 Å². The molecule has 1 amide bonds. The number of hydrogen-bond acceptors (Lipinski definition) is 7. The third-order valence-corrected chi connectivity index (χ3v) is 3.90. The molecular formula is C13H19N3O4S. The van der Waals surface area contributed by atoms with E-state index in [4.69, 9.17) is 9.47 Å². The summed E-state index contributed by atoms with van der Waals surface area (Å²) < 4.78 is 10.3. The number of carbonyl (C=O) groups is 2. The van der Waals surface area contributed by atoms with E-state index in [1.165, 1.54) is 11.3 Å². The van der Waals surface area contributed by atoms with Gasteiger partial charge in [0.2, 0.25) is 5.91 Å². The van der Waals surface area contributed by atoms with Crippen molar-refractivity contribution in [1.82, 2.24) is 15.6 Å². The predicted octanol–water partition coefficient (Wildman–Crippen LogP) is 0.313. The second-order valence-corrected chi connectivity index (χ2v) is 5.52. The molecule has 2 atom stereocenters. The molecule has 0 saturated carbocycles. The van der Waals surface area contributed by atoms with Crippen molar-refractivity contribution < 1.29 is 19.1 Å². The average molecular weight is 313 g/mol. The first-order valence-electron chi connectivity index (χ1n) is 6.86. The molecule has 1 saturated heterocycles. The van der Waals surface area contributed by atoms with Crippen LogP contribution in [0.5, 0.6) is 0 Å². The fraction of sp³-hybridized carbons (Fsp3) is 0.615. The van der Waals surface area contributed by atoms with E-state index in [1.54, 1.807) is 12.3 Å². The van der Waals surface area contributed by atoms with E-state index in [2.05, 4.69) is 15.6 Å². The number of morpholine rings is 1. The minimum atomic E-state index is -0.442. The van der Waals surface area contributed by atoms with Crippen LogP contribution in [0.1, 0.15) is 29.3 Å². The van der Waals surface area contributed by atoms with Gasteiger partial charge in [0.1, 0.15) is 11.0 Å². The first-order chi connectivity index (χ1) is 10.1. The van der Waals surface area contributed by atoms with Crippen LogP contribution in [0.25, 0.3) is 0 Å². The maximum absolute atomic E-state index is 12.1. The molecule has 1 aliphatic heterocycles. The number of ether oxygens (including phenoxy) is 2. The van der Waals surface area contributed by atoms with Gasteiger partial charge in [-0.2, -0.15) is 0 Å². The summed E-state index contributed by atoms with van der Waals surface area (Å²) >= 11 is 1.31. The lowest BCUT2D eigenvalue weighted by atomic mass is 10.1. The molecule has 0 spiro atoms. The number of carbonyl (C=O) groups excluding carboxylic acids is 2. The zero-order valence-electron chi connectivity index (χ0n) is 12.0.